The predicted octanol–water partition coefficient (Wildman–Crippen LogP) is 3.58. The van der Waals surface area contributed by atoms with Crippen molar-refractivity contribution in [3.05, 3.63) is 64.9 Å². The molecule has 1 heterocycles. The zero-order valence-corrected chi connectivity index (χ0v) is 17.2. The number of hydrogen-bond acceptors (Lipinski definition) is 3. The van der Waals surface area contributed by atoms with Gasteiger partial charge in [-0.1, -0.05) is 37.1 Å². The minimum Gasteiger partial charge on any atom is -0.355 e. The number of para-hydroxylation sites is 2. The van der Waals surface area contributed by atoms with Crippen molar-refractivity contribution in [2.45, 2.75) is 32.7 Å². The Balaban J connectivity index is 1.67. The summed E-state index contributed by atoms with van der Waals surface area (Å²) in [5.74, 6) is 0.572. The van der Waals surface area contributed by atoms with Crippen LogP contribution in [0.4, 0.5) is 0 Å². The lowest BCUT2D eigenvalue weighted by Crippen LogP contribution is -2.30. The van der Waals surface area contributed by atoms with Crippen molar-refractivity contribution < 1.29 is 9.59 Å². The summed E-state index contributed by atoms with van der Waals surface area (Å²) in [4.78, 5) is 29.3. The second-order valence-electron chi connectivity index (χ2n) is 6.82. The Bertz CT molecular complexity index is 982. The first-order valence-corrected chi connectivity index (χ1v) is 10.2. The molecule has 2 N–H and O–H groups in total. The van der Waals surface area contributed by atoms with E-state index in [1.807, 2.05) is 28.8 Å². The third-order valence-electron chi connectivity index (χ3n) is 4.63. The topological polar surface area (TPSA) is 76.0 Å². The summed E-state index contributed by atoms with van der Waals surface area (Å²) in [6.07, 6.45) is 2.52. The van der Waals surface area contributed by atoms with Gasteiger partial charge in [0, 0.05) is 30.1 Å². The SMILES string of the molecule is CCCCNC(=O)Cn1c(CCNC(=O)c2ccc(Cl)cc2)nc2ccccc21. The van der Waals surface area contributed by atoms with Crippen LogP contribution in [-0.2, 0) is 17.8 Å². The van der Waals surface area contributed by atoms with Crippen molar-refractivity contribution in [3.8, 4) is 0 Å². The zero-order chi connectivity index (χ0) is 20.6. The Morgan fingerprint density at radius 2 is 1.79 bits per heavy atom. The fourth-order valence-corrected chi connectivity index (χ4v) is 3.21. The van der Waals surface area contributed by atoms with Gasteiger partial charge in [-0.05, 0) is 42.8 Å². The van der Waals surface area contributed by atoms with Gasteiger partial charge in [0.1, 0.15) is 12.4 Å². The number of hydrogen-bond donors (Lipinski definition) is 2. The molecule has 0 aliphatic carbocycles. The first-order chi connectivity index (χ1) is 14.1. The maximum absolute atomic E-state index is 12.3. The van der Waals surface area contributed by atoms with Crippen LogP contribution in [0.5, 0.6) is 0 Å². The van der Waals surface area contributed by atoms with Gasteiger partial charge in [0.15, 0.2) is 0 Å². The summed E-state index contributed by atoms with van der Waals surface area (Å²) in [6.45, 7) is 3.40. The Hall–Kier alpha value is -2.86. The van der Waals surface area contributed by atoms with Gasteiger partial charge < -0.3 is 15.2 Å². The molecule has 0 fully saturated rings. The van der Waals surface area contributed by atoms with Crippen LogP contribution < -0.4 is 10.6 Å². The van der Waals surface area contributed by atoms with Crippen molar-refractivity contribution in [2.24, 2.45) is 0 Å². The molecule has 0 atom stereocenters. The molecule has 0 radical (unpaired) electrons. The van der Waals surface area contributed by atoms with E-state index in [1.165, 1.54) is 0 Å². The number of carbonyl (C=O) groups is 2. The van der Waals surface area contributed by atoms with Crippen LogP contribution in [0, 0.1) is 0 Å². The molecular formula is C22H25ClN4O2. The standard InChI is InChI=1S/C22H25ClN4O2/c1-2-3-13-24-21(28)15-27-19-7-5-4-6-18(19)26-20(27)12-14-25-22(29)16-8-10-17(23)11-9-16/h4-11H,2-3,12-15H2,1H3,(H,24,28)(H,25,29). The Morgan fingerprint density at radius 3 is 2.55 bits per heavy atom. The Labute approximate surface area is 175 Å². The number of amides is 2. The Kier molecular flexibility index (Phi) is 7.25. The summed E-state index contributed by atoms with van der Waals surface area (Å²) < 4.78 is 1.92. The number of fused-ring (bicyclic) bond motifs is 1. The van der Waals surface area contributed by atoms with E-state index in [1.54, 1.807) is 24.3 Å². The fraction of sp³-hybridized carbons (Fsp3) is 0.318. The van der Waals surface area contributed by atoms with Crippen molar-refractivity contribution in [3.63, 3.8) is 0 Å². The van der Waals surface area contributed by atoms with Crippen molar-refractivity contribution in [1.82, 2.24) is 20.2 Å². The predicted molar refractivity (Wildman–Crippen MR) is 115 cm³/mol. The number of nitrogens with one attached hydrogen (secondary N) is 2. The van der Waals surface area contributed by atoms with Gasteiger partial charge in [0.2, 0.25) is 5.91 Å². The van der Waals surface area contributed by atoms with E-state index in [-0.39, 0.29) is 18.4 Å². The van der Waals surface area contributed by atoms with Gasteiger partial charge in [-0.15, -0.1) is 0 Å². The second kappa shape index (κ2) is 10.1. The quantitative estimate of drug-likeness (QED) is 0.527. The number of aromatic nitrogens is 2. The highest BCUT2D eigenvalue weighted by molar-refractivity contribution is 6.30. The maximum Gasteiger partial charge on any atom is 0.251 e. The molecule has 2 amide bonds. The van der Waals surface area contributed by atoms with Gasteiger partial charge in [-0.3, -0.25) is 9.59 Å². The van der Waals surface area contributed by atoms with Gasteiger partial charge in [0.25, 0.3) is 5.91 Å². The van der Waals surface area contributed by atoms with Crippen LogP contribution >= 0.6 is 11.6 Å². The van der Waals surface area contributed by atoms with Crippen molar-refractivity contribution in [2.75, 3.05) is 13.1 Å². The number of imidazole rings is 1. The van der Waals surface area contributed by atoms with E-state index in [0.717, 1.165) is 29.7 Å². The molecule has 2 aromatic carbocycles. The number of benzene rings is 2. The van der Waals surface area contributed by atoms with Crippen LogP contribution in [0.15, 0.2) is 48.5 Å². The normalized spacial score (nSPS) is 10.8. The zero-order valence-electron chi connectivity index (χ0n) is 16.5. The molecule has 0 aliphatic rings. The number of rotatable bonds is 9. The van der Waals surface area contributed by atoms with Crippen LogP contribution in [0.2, 0.25) is 5.02 Å². The van der Waals surface area contributed by atoms with Crippen molar-refractivity contribution in [1.29, 1.82) is 0 Å². The molecule has 0 spiro atoms. The molecule has 29 heavy (non-hydrogen) atoms. The first-order valence-electron chi connectivity index (χ1n) is 9.83. The molecule has 0 saturated heterocycles. The molecule has 0 aliphatic heterocycles. The van der Waals surface area contributed by atoms with Gasteiger partial charge in [-0.2, -0.15) is 0 Å². The van der Waals surface area contributed by atoms with E-state index in [0.29, 0.717) is 30.1 Å². The van der Waals surface area contributed by atoms with Gasteiger partial charge in [-0.25, -0.2) is 4.98 Å². The maximum atomic E-state index is 12.3. The summed E-state index contributed by atoms with van der Waals surface area (Å²) in [5.41, 5.74) is 2.31. The van der Waals surface area contributed by atoms with Crippen LogP contribution in [0.25, 0.3) is 11.0 Å². The molecular weight excluding hydrogens is 388 g/mol. The molecule has 0 bridgehead atoms. The lowest BCUT2D eigenvalue weighted by atomic mass is 10.2. The lowest BCUT2D eigenvalue weighted by molar-refractivity contribution is -0.121. The van der Waals surface area contributed by atoms with Crippen LogP contribution in [0.1, 0.15) is 35.9 Å². The highest BCUT2D eigenvalue weighted by Crippen LogP contribution is 2.16. The summed E-state index contributed by atoms with van der Waals surface area (Å²) in [6, 6.07) is 14.5. The second-order valence-corrected chi connectivity index (χ2v) is 7.26. The average molecular weight is 413 g/mol. The van der Waals surface area contributed by atoms with Crippen LogP contribution in [-0.4, -0.2) is 34.5 Å². The minimum atomic E-state index is -0.165. The molecule has 0 saturated carbocycles. The average Bonchev–Trinajstić information content (AvgIpc) is 3.06. The molecule has 0 unspecified atom stereocenters. The van der Waals surface area contributed by atoms with E-state index < -0.39 is 0 Å². The molecule has 3 rings (SSSR count). The molecule has 3 aromatic rings. The number of nitrogens with zero attached hydrogens (tertiary/aromatic N) is 2. The molecule has 152 valence electrons. The highest BCUT2D eigenvalue weighted by Gasteiger charge is 2.14. The summed E-state index contributed by atoms with van der Waals surface area (Å²) >= 11 is 5.86. The minimum absolute atomic E-state index is 0.0342. The van der Waals surface area contributed by atoms with Gasteiger partial charge in [0.05, 0.1) is 11.0 Å². The number of halogens is 1. The summed E-state index contributed by atoms with van der Waals surface area (Å²) in [7, 11) is 0. The molecule has 1 aromatic heterocycles. The lowest BCUT2D eigenvalue weighted by Gasteiger charge is -2.10. The summed E-state index contributed by atoms with van der Waals surface area (Å²) in [5, 5.41) is 6.43. The third-order valence-corrected chi connectivity index (χ3v) is 4.88. The molecule has 7 heteroatoms. The number of unbranched alkanes of at least 4 members (excludes halogenated alkanes) is 1. The molecule has 6 nitrogen and oxygen atoms in total. The monoisotopic (exact) mass is 412 g/mol. The Morgan fingerprint density at radius 1 is 1.03 bits per heavy atom. The smallest absolute Gasteiger partial charge is 0.251 e. The van der Waals surface area contributed by atoms with Gasteiger partial charge >= 0.3 is 0 Å². The highest BCUT2D eigenvalue weighted by atomic mass is 35.5. The van der Waals surface area contributed by atoms with Crippen molar-refractivity contribution >= 4 is 34.4 Å². The van der Waals surface area contributed by atoms with E-state index in [2.05, 4.69) is 22.5 Å². The number of carbonyl (C=O) groups excluding carboxylic acids is 2. The first kappa shape index (κ1) is 20.9. The fourth-order valence-electron chi connectivity index (χ4n) is 3.09. The van der Waals surface area contributed by atoms with E-state index >= 15 is 0 Å². The van der Waals surface area contributed by atoms with E-state index in [4.69, 9.17) is 11.6 Å². The van der Waals surface area contributed by atoms with Crippen LogP contribution in [0.3, 0.4) is 0 Å². The third kappa shape index (κ3) is 5.57. The largest absolute Gasteiger partial charge is 0.355 e. The van der Waals surface area contributed by atoms with E-state index in [9.17, 15) is 9.59 Å².